The van der Waals surface area contributed by atoms with Crippen molar-refractivity contribution < 1.29 is 41.3 Å². The second-order valence-electron chi connectivity index (χ2n) is 9.33. The summed E-state index contributed by atoms with van der Waals surface area (Å²) in [4.78, 5) is 11.6. The van der Waals surface area contributed by atoms with E-state index in [-0.39, 0.29) is 18.4 Å². The zero-order valence-electron chi connectivity index (χ0n) is 23.2. The Labute approximate surface area is 222 Å². The van der Waals surface area contributed by atoms with Gasteiger partial charge in [-0.25, -0.2) is 4.57 Å². The molecule has 3 atom stereocenters. The SMILES string of the molecule is COP(C)(=O)OCCC(C)COCCC(C)(C)OP(=O)(OC)OCCCCCCNC(=O)CCSC. The maximum absolute atomic E-state index is 12.9. The Bertz CT molecular complexity index is 682. The lowest BCUT2D eigenvalue weighted by atomic mass is 10.1. The summed E-state index contributed by atoms with van der Waals surface area (Å²) < 4.78 is 56.6. The summed E-state index contributed by atoms with van der Waals surface area (Å²) >= 11 is 1.66. The highest BCUT2D eigenvalue weighted by atomic mass is 32.2. The van der Waals surface area contributed by atoms with Crippen molar-refractivity contribution in [3.05, 3.63) is 0 Å². The zero-order chi connectivity index (χ0) is 27.5. The van der Waals surface area contributed by atoms with Crippen LogP contribution in [0.2, 0.25) is 0 Å². The van der Waals surface area contributed by atoms with Gasteiger partial charge >= 0.3 is 15.4 Å². The predicted octanol–water partition coefficient (Wildman–Crippen LogP) is 5.90. The normalized spacial score (nSPS) is 16.3. The Kier molecular flexibility index (Phi) is 20.0. The number of carbonyl (C=O) groups is 1. The molecule has 0 spiro atoms. The number of hydrogen-bond donors (Lipinski definition) is 1. The van der Waals surface area contributed by atoms with Crippen molar-refractivity contribution in [1.82, 2.24) is 5.32 Å². The molecule has 0 heterocycles. The summed E-state index contributed by atoms with van der Waals surface area (Å²) in [6.07, 6.45) is 7.20. The van der Waals surface area contributed by atoms with Crippen LogP contribution >= 0.6 is 27.2 Å². The molecule has 10 nitrogen and oxygen atoms in total. The number of ether oxygens (including phenoxy) is 1. The van der Waals surface area contributed by atoms with Crippen molar-refractivity contribution in [1.29, 1.82) is 0 Å². The van der Waals surface area contributed by atoms with Gasteiger partial charge in [-0.15, -0.1) is 0 Å². The number of phosphoric acid groups is 1. The molecule has 0 aliphatic carbocycles. The van der Waals surface area contributed by atoms with Gasteiger partial charge in [-0.2, -0.15) is 11.8 Å². The molecule has 0 aromatic heterocycles. The van der Waals surface area contributed by atoms with E-state index in [0.717, 1.165) is 31.4 Å². The first-order valence-corrected chi connectivity index (χ1v) is 17.4. The summed E-state index contributed by atoms with van der Waals surface area (Å²) in [5.41, 5.74) is -0.764. The van der Waals surface area contributed by atoms with Crippen molar-refractivity contribution in [2.24, 2.45) is 5.92 Å². The molecule has 0 rings (SSSR count). The van der Waals surface area contributed by atoms with Gasteiger partial charge in [0.2, 0.25) is 5.91 Å². The van der Waals surface area contributed by atoms with E-state index >= 15 is 0 Å². The first kappa shape index (κ1) is 36.0. The van der Waals surface area contributed by atoms with Crippen LogP contribution in [0, 0.1) is 5.92 Å². The Morgan fingerprint density at radius 3 is 2.33 bits per heavy atom. The van der Waals surface area contributed by atoms with E-state index in [1.54, 1.807) is 11.8 Å². The molecule has 0 radical (unpaired) electrons. The molecule has 216 valence electrons. The molecule has 0 fully saturated rings. The Balaban J connectivity index is 4.06. The largest absolute Gasteiger partial charge is 0.475 e. The number of nitrogens with one attached hydrogen (secondary N) is 1. The van der Waals surface area contributed by atoms with Crippen LogP contribution < -0.4 is 5.32 Å². The van der Waals surface area contributed by atoms with Gasteiger partial charge in [0.05, 0.1) is 18.8 Å². The van der Waals surface area contributed by atoms with Crippen molar-refractivity contribution in [3.63, 3.8) is 0 Å². The van der Waals surface area contributed by atoms with E-state index in [9.17, 15) is 13.9 Å². The highest BCUT2D eigenvalue weighted by Crippen LogP contribution is 2.52. The fourth-order valence-electron chi connectivity index (χ4n) is 2.89. The molecule has 0 aliphatic heterocycles. The summed E-state index contributed by atoms with van der Waals surface area (Å²) in [6, 6.07) is 0. The lowest BCUT2D eigenvalue weighted by molar-refractivity contribution is -0.120. The minimum absolute atomic E-state index is 0.0926. The van der Waals surface area contributed by atoms with E-state index in [4.69, 9.17) is 27.4 Å². The van der Waals surface area contributed by atoms with Crippen molar-refractivity contribution in [2.45, 2.75) is 71.3 Å². The number of carbonyl (C=O) groups excluding carboxylic acids is 1. The van der Waals surface area contributed by atoms with Crippen molar-refractivity contribution in [2.75, 3.05) is 65.9 Å². The fourth-order valence-corrected chi connectivity index (χ4v) is 5.10. The minimum Gasteiger partial charge on any atom is -0.381 e. The van der Waals surface area contributed by atoms with Gasteiger partial charge < -0.3 is 19.1 Å². The molecule has 36 heavy (non-hydrogen) atoms. The molecule has 13 heteroatoms. The van der Waals surface area contributed by atoms with Crippen LogP contribution in [0.15, 0.2) is 0 Å². The molecule has 0 aromatic rings. The summed E-state index contributed by atoms with van der Waals surface area (Å²) in [5.74, 6) is 1.15. The van der Waals surface area contributed by atoms with Gasteiger partial charge in [0.1, 0.15) is 0 Å². The Morgan fingerprint density at radius 1 is 1.00 bits per heavy atom. The maximum Gasteiger partial charge on any atom is 0.475 e. The highest BCUT2D eigenvalue weighted by Gasteiger charge is 2.34. The van der Waals surface area contributed by atoms with Crippen LogP contribution in [0.3, 0.4) is 0 Å². The van der Waals surface area contributed by atoms with Gasteiger partial charge in [-0.3, -0.25) is 22.9 Å². The standard InChI is InChI=1S/C23H49NO9P2S/c1-21(12-17-31-34(6,26)28-4)20-30-18-14-23(2,3)33-35(27,29-5)32-16-11-9-8-10-15-24-22(25)13-19-36-7/h21H,8-20H2,1-7H3,(H,24,25). The quantitative estimate of drug-likeness (QED) is 0.110. The van der Waals surface area contributed by atoms with Gasteiger partial charge in [0.25, 0.3) is 0 Å². The van der Waals surface area contributed by atoms with Crippen molar-refractivity contribution >= 4 is 33.1 Å². The average molecular weight is 578 g/mol. The van der Waals surface area contributed by atoms with Crippen LogP contribution in [0.1, 0.15) is 65.7 Å². The van der Waals surface area contributed by atoms with Crippen LogP contribution in [-0.2, 0) is 41.3 Å². The van der Waals surface area contributed by atoms with Gasteiger partial charge in [-0.05, 0) is 51.7 Å². The average Bonchev–Trinajstić information content (AvgIpc) is 2.81. The van der Waals surface area contributed by atoms with Gasteiger partial charge in [0.15, 0.2) is 0 Å². The number of rotatable bonds is 24. The van der Waals surface area contributed by atoms with Gasteiger partial charge in [0, 0.05) is 52.8 Å². The molecule has 0 aromatic carbocycles. The van der Waals surface area contributed by atoms with Crippen molar-refractivity contribution in [3.8, 4) is 0 Å². The topological polar surface area (TPSA) is 119 Å². The van der Waals surface area contributed by atoms with E-state index in [0.29, 0.717) is 45.6 Å². The first-order chi connectivity index (χ1) is 16.9. The summed E-state index contributed by atoms with van der Waals surface area (Å²) in [6.45, 7) is 9.31. The fraction of sp³-hybridized carbons (Fsp3) is 0.957. The number of amides is 1. The summed E-state index contributed by atoms with van der Waals surface area (Å²) in [7, 11) is -3.95. The monoisotopic (exact) mass is 577 g/mol. The number of thioether (sulfide) groups is 1. The highest BCUT2D eigenvalue weighted by molar-refractivity contribution is 7.98. The minimum atomic E-state index is -3.68. The number of unbranched alkanes of at least 4 members (excludes halogenated alkanes) is 3. The van der Waals surface area contributed by atoms with E-state index in [1.165, 1.54) is 20.9 Å². The second kappa shape index (κ2) is 20.0. The van der Waals surface area contributed by atoms with Crippen LogP contribution in [-0.4, -0.2) is 77.4 Å². The predicted molar refractivity (Wildman–Crippen MR) is 146 cm³/mol. The Morgan fingerprint density at radius 2 is 1.69 bits per heavy atom. The third kappa shape index (κ3) is 20.1. The third-order valence-corrected chi connectivity index (χ3v) is 8.87. The number of phosphoric ester groups is 1. The first-order valence-electron chi connectivity index (χ1n) is 12.5. The second-order valence-corrected chi connectivity index (χ2v) is 14.2. The molecule has 1 N–H and O–H groups in total. The lowest BCUT2D eigenvalue weighted by Crippen LogP contribution is -2.26. The third-order valence-electron chi connectivity index (χ3n) is 5.28. The molecule has 0 bridgehead atoms. The molecule has 0 saturated heterocycles. The summed E-state index contributed by atoms with van der Waals surface area (Å²) in [5, 5.41) is 2.91. The maximum atomic E-state index is 12.9. The number of hydrogen-bond acceptors (Lipinski definition) is 10. The van der Waals surface area contributed by atoms with E-state index in [1.807, 2.05) is 27.0 Å². The van der Waals surface area contributed by atoms with E-state index in [2.05, 4.69) is 5.32 Å². The van der Waals surface area contributed by atoms with Gasteiger partial charge in [-0.1, -0.05) is 19.8 Å². The smallest absolute Gasteiger partial charge is 0.381 e. The van der Waals surface area contributed by atoms with E-state index < -0.39 is 21.0 Å². The lowest BCUT2D eigenvalue weighted by Gasteiger charge is -2.29. The van der Waals surface area contributed by atoms with Crippen LogP contribution in [0.25, 0.3) is 0 Å². The molecule has 3 unspecified atom stereocenters. The van der Waals surface area contributed by atoms with Crippen LogP contribution in [0.5, 0.6) is 0 Å². The van der Waals surface area contributed by atoms with Crippen LogP contribution in [0.4, 0.5) is 0 Å². The molecule has 0 aliphatic rings. The Hall–Kier alpha value is 0.0400. The molecular formula is C23H49NO9P2S. The molecular weight excluding hydrogens is 528 g/mol. The zero-order valence-corrected chi connectivity index (χ0v) is 25.9. The molecule has 1 amide bonds. The molecule has 0 saturated carbocycles.